The zero-order valence-corrected chi connectivity index (χ0v) is 44.0. The first-order valence-corrected chi connectivity index (χ1v) is 28.9. The molecule has 0 heterocycles. The number of hydrogen-bond donors (Lipinski definition) is 6. The molecule has 1 rings (SSSR count). The van der Waals surface area contributed by atoms with E-state index in [0.29, 0.717) is 12.8 Å². The predicted octanol–water partition coefficient (Wildman–Crippen LogP) is 12.3. The van der Waals surface area contributed by atoms with E-state index in [-0.39, 0.29) is 12.8 Å². The molecule has 0 aromatic rings. The third-order valence-electron chi connectivity index (χ3n) is 12.7. The molecule has 0 amide bonds. The Kier molecular flexibility index (Phi) is 41.8. The second-order valence-corrected chi connectivity index (χ2v) is 20.5. The van der Waals surface area contributed by atoms with Crippen LogP contribution >= 0.6 is 7.82 Å². The van der Waals surface area contributed by atoms with Gasteiger partial charge in [-0.05, 0) is 57.8 Å². The Hall–Kier alpha value is -2.19. The number of carbonyl (C=O) groups is 2. The zero-order chi connectivity index (χ0) is 50.6. The van der Waals surface area contributed by atoms with Crippen LogP contribution in [0.2, 0.25) is 0 Å². The van der Waals surface area contributed by atoms with Gasteiger partial charge in [-0.15, -0.1) is 0 Å². The topological polar surface area (TPSA) is 210 Å². The molecule has 14 heteroatoms. The molecular weight excluding hydrogens is 900 g/mol. The average Bonchev–Trinajstić information content (AvgIpc) is 3.33. The minimum atomic E-state index is -5.13. The van der Waals surface area contributed by atoms with Crippen molar-refractivity contribution in [2.45, 2.75) is 275 Å². The van der Waals surface area contributed by atoms with Crippen molar-refractivity contribution in [3.63, 3.8) is 0 Å². The van der Waals surface area contributed by atoms with Crippen molar-refractivity contribution in [2.75, 3.05) is 13.2 Å². The summed E-state index contributed by atoms with van der Waals surface area (Å²) < 4.78 is 33.7. The summed E-state index contributed by atoms with van der Waals surface area (Å²) >= 11 is 0. The molecule has 6 unspecified atom stereocenters. The van der Waals surface area contributed by atoms with E-state index in [4.69, 9.17) is 18.5 Å². The summed E-state index contributed by atoms with van der Waals surface area (Å²) in [5.41, 5.74) is 0. The number of ether oxygens (including phenoxy) is 2. The Labute approximate surface area is 418 Å². The van der Waals surface area contributed by atoms with Gasteiger partial charge in [0.25, 0.3) is 0 Å². The highest BCUT2D eigenvalue weighted by Gasteiger charge is 2.51. The molecular formula is C55H99O13P. The standard InChI is InChI=1S/C55H99O13P/c1-3-5-7-9-11-13-15-17-19-21-23-24-26-28-30-32-34-36-38-40-42-44-49(57)67-47(46-66-69(63,64)68-55-53(61)51(59)50(58)52(60)54(55)62)45-65-48(56)43-41-39-37-35-33-31-29-27-25-22-20-18-16-14-12-10-8-6-4-2/h12,14,18,20,25,27,31,33,47,50-55,58-62H,3-11,13,15-17,19,21-24,26,28-30,32,34-46H2,1-2H3,(H,63,64)/b14-12+,20-18+,27-25+,33-31+/t47-,50?,51-,52?,53?,54?,55?/m1/s1. The molecule has 1 aliphatic rings. The fourth-order valence-electron chi connectivity index (χ4n) is 8.27. The molecule has 8 atom stereocenters. The highest BCUT2D eigenvalue weighted by molar-refractivity contribution is 7.47. The van der Waals surface area contributed by atoms with E-state index in [1.165, 1.54) is 122 Å². The molecule has 0 saturated heterocycles. The largest absolute Gasteiger partial charge is 0.472 e. The minimum Gasteiger partial charge on any atom is -0.462 e. The van der Waals surface area contributed by atoms with E-state index in [0.717, 1.165) is 70.6 Å². The first-order valence-electron chi connectivity index (χ1n) is 27.4. The van der Waals surface area contributed by atoms with Crippen molar-refractivity contribution in [1.29, 1.82) is 0 Å². The van der Waals surface area contributed by atoms with Gasteiger partial charge in [0.1, 0.15) is 43.2 Å². The van der Waals surface area contributed by atoms with Crippen LogP contribution in [-0.4, -0.2) is 98.3 Å². The number of aliphatic hydroxyl groups excluding tert-OH is 5. The molecule has 1 aliphatic carbocycles. The van der Waals surface area contributed by atoms with Crippen LogP contribution < -0.4 is 0 Å². The van der Waals surface area contributed by atoms with Crippen molar-refractivity contribution < 1.29 is 63.1 Å². The van der Waals surface area contributed by atoms with Crippen LogP contribution in [0.15, 0.2) is 48.6 Å². The first kappa shape index (κ1) is 64.8. The predicted molar refractivity (Wildman–Crippen MR) is 276 cm³/mol. The van der Waals surface area contributed by atoms with Crippen LogP contribution in [0, 0.1) is 0 Å². The second kappa shape index (κ2) is 44.5. The van der Waals surface area contributed by atoms with E-state index in [2.05, 4.69) is 62.5 Å². The van der Waals surface area contributed by atoms with Crippen LogP contribution in [0.4, 0.5) is 0 Å². The van der Waals surface area contributed by atoms with Crippen molar-refractivity contribution >= 4 is 19.8 Å². The maximum Gasteiger partial charge on any atom is 0.472 e. The average molecular weight is 999 g/mol. The second-order valence-electron chi connectivity index (χ2n) is 19.1. The van der Waals surface area contributed by atoms with Crippen LogP contribution in [0.3, 0.4) is 0 Å². The van der Waals surface area contributed by atoms with E-state index in [9.17, 15) is 44.6 Å². The Morgan fingerprint density at radius 3 is 1.22 bits per heavy atom. The number of rotatable bonds is 46. The zero-order valence-electron chi connectivity index (χ0n) is 43.1. The molecule has 69 heavy (non-hydrogen) atoms. The lowest BCUT2D eigenvalue weighted by atomic mass is 9.85. The Bertz CT molecular complexity index is 1390. The number of phosphoric acid groups is 1. The fraction of sp³-hybridized carbons (Fsp3) is 0.818. The molecule has 0 spiro atoms. The number of esters is 2. The molecule has 6 N–H and O–H groups in total. The third kappa shape index (κ3) is 36.4. The van der Waals surface area contributed by atoms with Crippen LogP contribution in [-0.2, 0) is 32.7 Å². The summed E-state index contributed by atoms with van der Waals surface area (Å²) in [6.45, 7) is 3.29. The van der Waals surface area contributed by atoms with Gasteiger partial charge < -0.3 is 39.9 Å². The van der Waals surface area contributed by atoms with Gasteiger partial charge in [-0.1, -0.05) is 210 Å². The number of phosphoric ester groups is 1. The molecule has 0 radical (unpaired) electrons. The van der Waals surface area contributed by atoms with Crippen LogP contribution in [0.25, 0.3) is 0 Å². The van der Waals surface area contributed by atoms with E-state index in [1.807, 2.05) is 0 Å². The van der Waals surface area contributed by atoms with Gasteiger partial charge in [0.15, 0.2) is 6.10 Å². The summed E-state index contributed by atoms with van der Waals surface area (Å²) in [6.07, 6.45) is 41.5. The summed E-state index contributed by atoms with van der Waals surface area (Å²) in [5.74, 6) is -1.13. The van der Waals surface area contributed by atoms with Gasteiger partial charge in [-0.3, -0.25) is 18.6 Å². The quantitative estimate of drug-likeness (QED) is 0.0145. The van der Waals surface area contributed by atoms with E-state index >= 15 is 0 Å². The highest BCUT2D eigenvalue weighted by atomic mass is 31.2. The highest BCUT2D eigenvalue weighted by Crippen LogP contribution is 2.47. The Morgan fingerprint density at radius 2 is 0.783 bits per heavy atom. The van der Waals surface area contributed by atoms with Crippen LogP contribution in [0.5, 0.6) is 0 Å². The van der Waals surface area contributed by atoms with E-state index in [1.54, 1.807) is 0 Å². The molecule has 1 fully saturated rings. The van der Waals surface area contributed by atoms with Gasteiger partial charge in [0.05, 0.1) is 6.61 Å². The van der Waals surface area contributed by atoms with Gasteiger partial charge in [0, 0.05) is 12.8 Å². The van der Waals surface area contributed by atoms with Crippen molar-refractivity contribution in [1.82, 2.24) is 0 Å². The summed E-state index contributed by atoms with van der Waals surface area (Å²) in [6, 6.07) is 0. The molecule has 0 aromatic carbocycles. The van der Waals surface area contributed by atoms with Crippen molar-refractivity contribution in [2.24, 2.45) is 0 Å². The number of unbranched alkanes of at least 4 members (excludes halogenated alkanes) is 26. The Balaban J connectivity index is 2.39. The van der Waals surface area contributed by atoms with Crippen LogP contribution in [0.1, 0.15) is 232 Å². The van der Waals surface area contributed by atoms with Gasteiger partial charge in [-0.2, -0.15) is 0 Å². The monoisotopic (exact) mass is 999 g/mol. The molecule has 0 aromatic heterocycles. The molecule has 402 valence electrons. The van der Waals surface area contributed by atoms with Gasteiger partial charge in [-0.25, -0.2) is 4.57 Å². The van der Waals surface area contributed by atoms with Gasteiger partial charge in [0.2, 0.25) is 0 Å². The summed E-state index contributed by atoms with van der Waals surface area (Å²) in [4.78, 5) is 35.9. The third-order valence-corrected chi connectivity index (χ3v) is 13.7. The summed E-state index contributed by atoms with van der Waals surface area (Å²) in [7, 11) is -5.13. The molecule has 13 nitrogen and oxygen atoms in total. The lowest BCUT2D eigenvalue weighted by molar-refractivity contribution is -0.220. The Morgan fingerprint density at radius 1 is 0.449 bits per heavy atom. The summed E-state index contributed by atoms with van der Waals surface area (Å²) in [5, 5.41) is 50.3. The molecule has 0 aliphatic heterocycles. The number of allylic oxidation sites excluding steroid dienone is 8. The maximum absolute atomic E-state index is 12.9. The van der Waals surface area contributed by atoms with E-state index < -0.39 is 75.7 Å². The minimum absolute atomic E-state index is 0.0920. The van der Waals surface area contributed by atoms with Gasteiger partial charge >= 0.3 is 19.8 Å². The first-order chi connectivity index (χ1) is 33.4. The maximum atomic E-state index is 12.9. The van der Waals surface area contributed by atoms with Crippen molar-refractivity contribution in [3.8, 4) is 0 Å². The lowest BCUT2D eigenvalue weighted by Gasteiger charge is -2.41. The molecule has 1 saturated carbocycles. The normalized spacial score (nSPS) is 21.2. The molecule has 0 bridgehead atoms. The SMILES string of the molecule is CCCCC/C=C/C/C=C/C/C=C/C/C=C/CCCCCC(=O)OC[C@H](COP(=O)(O)OC1C(O)C(O)C(O)[C@@H](O)C1O)OC(=O)CCCCCCCCCCCCCCCCCCCCCCC. The number of carbonyl (C=O) groups excluding carboxylic acids is 2. The number of hydrogen-bond acceptors (Lipinski definition) is 12. The fourth-order valence-corrected chi connectivity index (χ4v) is 9.25. The smallest absolute Gasteiger partial charge is 0.462 e. The van der Waals surface area contributed by atoms with Crippen molar-refractivity contribution in [3.05, 3.63) is 48.6 Å². The lowest BCUT2D eigenvalue weighted by Crippen LogP contribution is -2.64. The number of aliphatic hydroxyl groups is 5.